The van der Waals surface area contributed by atoms with Gasteiger partial charge in [-0.3, -0.25) is 4.98 Å². The summed E-state index contributed by atoms with van der Waals surface area (Å²) in [6, 6.07) is 4.13. The summed E-state index contributed by atoms with van der Waals surface area (Å²) in [6.07, 6.45) is 4.62. The van der Waals surface area contributed by atoms with Gasteiger partial charge in [0.25, 0.3) is 0 Å². The smallest absolute Gasteiger partial charge is 0.0750 e. The monoisotopic (exact) mass is 249 g/mol. The van der Waals surface area contributed by atoms with E-state index in [1.807, 2.05) is 19.2 Å². The predicted octanol–water partition coefficient (Wildman–Crippen LogP) is 2.11. The molecule has 1 aliphatic rings. The fourth-order valence-corrected chi connectivity index (χ4v) is 2.40. The normalized spacial score (nSPS) is 21.9. The number of piperidine rings is 1. The minimum absolute atomic E-state index is 0.00317. The van der Waals surface area contributed by atoms with Crippen LogP contribution in [0.1, 0.15) is 38.4 Å². The van der Waals surface area contributed by atoms with E-state index < -0.39 is 0 Å². The highest BCUT2D eigenvalue weighted by molar-refractivity contribution is 5.45. The Labute approximate surface area is 109 Å². The molecular weight excluding hydrogens is 226 g/mol. The van der Waals surface area contributed by atoms with Crippen LogP contribution in [0.25, 0.3) is 0 Å². The molecule has 4 nitrogen and oxygen atoms in total. The zero-order chi connectivity index (χ0) is 13.0. The van der Waals surface area contributed by atoms with Crippen molar-refractivity contribution in [3.05, 3.63) is 24.0 Å². The number of nitrogens with zero attached hydrogens (tertiary/aromatic N) is 2. The summed E-state index contributed by atoms with van der Waals surface area (Å²) in [6.45, 7) is 6.85. The van der Waals surface area contributed by atoms with Gasteiger partial charge in [-0.1, -0.05) is 0 Å². The Kier molecular flexibility index (Phi) is 4.55. The van der Waals surface area contributed by atoms with Gasteiger partial charge in [-0.2, -0.15) is 0 Å². The van der Waals surface area contributed by atoms with Crippen molar-refractivity contribution in [1.29, 1.82) is 0 Å². The Bertz CT molecular complexity index is 362. The minimum atomic E-state index is -0.00317. The van der Waals surface area contributed by atoms with E-state index in [1.54, 1.807) is 0 Å². The lowest BCUT2D eigenvalue weighted by molar-refractivity contribution is 0.0526. The maximum absolute atomic E-state index is 5.81. The average molecular weight is 249 g/mol. The molecule has 0 amide bonds. The third-order valence-electron chi connectivity index (χ3n) is 3.38. The molecule has 1 aromatic rings. The molecule has 2 unspecified atom stereocenters. The van der Waals surface area contributed by atoms with Gasteiger partial charge in [0.15, 0.2) is 0 Å². The molecule has 100 valence electrons. The minimum Gasteiger partial charge on any atom is -0.377 e. The van der Waals surface area contributed by atoms with E-state index in [0.29, 0.717) is 6.10 Å². The van der Waals surface area contributed by atoms with Crippen molar-refractivity contribution >= 4 is 5.69 Å². The van der Waals surface area contributed by atoms with Crippen molar-refractivity contribution in [3.8, 4) is 0 Å². The van der Waals surface area contributed by atoms with E-state index in [-0.39, 0.29) is 6.04 Å². The van der Waals surface area contributed by atoms with Gasteiger partial charge in [0, 0.05) is 25.7 Å². The molecule has 0 bridgehead atoms. The quantitative estimate of drug-likeness (QED) is 0.888. The number of rotatable bonds is 4. The molecule has 1 aliphatic heterocycles. The molecule has 0 aliphatic carbocycles. The van der Waals surface area contributed by atoms with Crippen molar-refractivity contribution in [2.75, 3.05) is 24.6 Å². The fourth-order valence-electron chi connectivity index (χ4n) is 2.40. The molecule has 2 heterocycles. The van der Waals surface area contributed by atoms with Gasteiger partial charge in [-0.05, 0) is 38.8 Å². The summed E-state index contributed by atoms with van der Waals surface area (Å²) < 4.78 is 5.71. The van der Waals surface area contributed by atoms with E-state index in [9.17, 15) is 0 Å². The van der Waals surface area contributed by atoms with Crippen LogP contribution in [-0.2, 0) is 4.74 Å². The first-order valence-corrected chi connectivity index (χ1v) is 6.78. The molecule has 1 aromatic heterocycles. The van der Waals surface area contributed by atoms with Gasteiger partial charge in [0.1, 0.15) is 0 Å². The van der Waals surface area contributed by atoms with Gasteiger partial charge < -0.3 is 15.4 Å². The molecule has 0 spiro atoms. The number of pyridine rings is 1. The summed E-state index contributed by atoms with van der Waals surface area (Å²) in [5.74, 6) is 0. The molecule has 2 N–H and O–H groups in total. The zero-order valence-electron chi connectivity index (χ0n) is 11.3. The summed E-state index contributed by atoms with van der Waals surface area (Å²) in [5, 5.41) is 0. The van der Waals surface area contributed by atoms with Crippen LogP contribution >= 0.6 is 0 Å². The SMILES string of the molecule is CCOC1CCCN(c2ccc(C(C)N)nc2)C1. The first kappa shape index (κ1) is 13.3. The second-order valence-corrected chi connectivity index (χ2v) is 4.90. The lowest BCUT2D eigenvalue weighted by Gasteiger charge is -2.34. The third-order valence-corrected chi connectivity index (χ3v) is 3.38. The summed E-state index contributed by atoms with van der Waals surface area (Å²) >= 11 is 0. The van der Waals surface area contributed by atoms with E-state index in [1.165, 1.54) is 12.1 Å². The highest BCUT2D eigenvalue weighted by Gasteiger charge is 2.20. The summed E-state index contributed by atoms with van der Waals surface area (Å²) in [7, 11) is 0. The summed E-state index contributed by atoms with van der Waals surface area (Å²) in [4.78, 5) is 6.77. The van der Waals surface area contributed by atoms with Crippen molar-refractivity contribution in [3.63, 3.8) is 0 Å². The van der Waals surface area contributed by atoms with Gasteiger partial charge in [0.2, 0.25) is 0 Å². The zero-order valence-corrected chi connectivity index (χ0v) is 11.3. The molecule has 1 saturated heterocycles. The number of ether oxygens (including phenoxy) is 1. The molecule has 18 heavy (non-hydrogen) atoms. The lowest BCUT2D eigenvalue weighted by atomic mass is 10.1. The molecule has 0 aromatic carbocycles. The Morgan fingerprint density at radius 1 is 1.56 bits per heavy atom. The van der Waals surface area contributed by atoms with E-state index in [4.69, 9.17) is 10.5 Å². The van der Waals surface area contributed by atoms with E-state index >= 15 is 0 Å². The third kappa shape index (κ3) is 3.21. The van der Waals surface area contributed by atoms with Gasteiger partial charge in [-0.25, -0.2) is 0 Å². The van der Waals surface area contributed by atoms with Crippen LogP contribution in [0.4, 0.5) is 5.69 Å². The van der Waals surface area contributed by atoms with Gasteiger partial charge >= 0.3 is 0 Å². The molecule has 0 radical (unpaired) electrons. The van der Waals surface area contributed by atoms with Crippen LogP contribution < -0.4 is 10.6 Å². The van der Waals surface area contributed by atoms with Crippen molar-refractivity contribution < 1.29 is 4.74 Å². The first-order valence-electron chi connectivity index (χ1n) is 6.78. The maximum atomic E-state index is 5.81. The van der Waals surface area contributed by atoms with Crippen LogP contribution in [-0.4, -0.2) is 30.8 Å². The van der Waals surface area contributed by atoms with Crippen LogP contribution in [0.15, 0.2) is 18.3 Å². The number of hydrogen-bond acceptors (Lipinski definition) is 4. The standard InChI is InChI=1S/C14H23N3O/c1-3-18-13-5-4-8-17(10-13)12-6-7-14(11(2)15)16-9-12/h6-7,9,11,13H,3-5,8,10,15H2,1-2H3. The lowest BCUT2D eigenvalue weighted by Crippen LogP contribution is -2.39. The molecule has 1 fully saturated rings. The Balaban J connectivity index is 2.02. The average Bonchev–Trinajstić information content (AvgIpc) is 2.39. The molecule has 2 atom stereocenters. The highest BCUT2D eigenvalue weighted by Crippen LogP contribution is 2.21. The van der Waals surface area contributed by atoms with Crippen molar-refractivity contribution in [2.45, 2.75) is 38.8 Å². The Morgan fingerprint density at radius 3 is 3.00 bits per heavy atom. The largest absolute Gasteiger partial charge is 0.377 e. The second-order valence-electron chi connectivity index (χ2n) is 4.90. The van der Waals surface area contributed by atoms with Crippen LogP contribution in [0.2, 0.25) is 0 Å². The van der Waals surface area contributed by atoms with Crippen LogP contribution in [0.5, 0.6) is 0 Å². The second kappa shape index (κ2) is 6.16. The van der Waals surface area contributed by atoms with E-state index in [0.717, 1.165) is 31.8 Å². The van der Waals surface area contributed by atoms with Crippen molar-refractivity contribution in [1.82, 2.24) is 4.98 Å². The Hall–Kier alpha value is -1.13. The van der Waals surface area contributed by atoms with Gasteiger partial charge in [-0.15, -0.1) is 0 Å². The first-order chi connectivity index (χ1) is 8.70. The number of anilines is 1. The molecule has 4 heteroatoms. The van der Waals surface area contributed by atoms with Crippen molar-refractivity contribution in [2.24, 2.45) is 5.73 Å². The highest BCUT2D eigenvalue weighted by atomic mass is 16.5. The van der Waals surface area contributed by atoms with Crippen LogP contribution in [0.3, 0.4) is 0 Å². The topological polar surface area (TPSA) is 51.4 Å². The summed E-state index contributed by atoms with van der Waals surface area (Å²) in [5.41, 5.74) is 7.92. The maximum Gasteiger partial charge on any atom is 0.0750 e. The van der Waals surface area contributed by atoms with E-state index in [2.05, 4.69) is 22.9 Å². The van der Waals surface area contributed by atoms with Crippen LogP contribution in [0, 0.1) is 0 Å². The number of hydrogen-bond donors (Lipinski definition) is 1. The molecular formula is C14H23N3O. The number of aromatic nitrogens is 1. The Morgan fingerprint density at radius 2 is 2.39 bits per heavy atom. The predicted molar refractivity (Wildman–Crippen MR) is 73.7 cm³/mol. The number of nitrogens with two attached hydrogens (primary N) is 1. The molecule has 0 saturated carbocycles. The van der Waals surface area contributed by atoms with Gasteiger partial charge in [0.05, 0.1) is 23.7 Å². The molecule has 2 rings (SSSR count). The fraction of sp³-hybridized carbons (Fsp3) is 0.643.